The molecule has 2 aromatic carbocycles. The van der Waals surface area contributed by atoms with Crippen molar-refractivity contribution in [2.24, 2.45) is 0 Å². The second-order valence-corrected chi connectivity index (χ2v) is 6.62. The largest absolute Gasteiger partial charge is 0.339 e. The topological polar surface area (TPSA) is 62.7 Å². The van der Waals surface area contributed by atoms with Crippen molar-refractivity contribution in [3.63, 3.8) is 0 Å². The molecule has 5 nitrogen and oxygen atoms in total. The lowest BCUT2D eigenvalue weighted by atomic mass is 10.0. The van der Waals surface area contributed by atoms with Crippen LogP contribution in [0.4, 0.5) is 23.1 Å². The van der Waals surface area contributed by atoms with Crippen LogP contribution in [0, 0.1) is 0 Å². The monoisotopic (exact) mass is 373 g/mol. The van der Waals surface area contributed by atoms with Crippen molar-refractivity contribution in [1.82, 2.24) is 15.2 Å². The van der Waals surface area contributed by atoms with Crippen LogP contribution in [-0.2, 0) is 0 Å². The molecule has 25 heavy (non-hydrogen) atoms. The molecule has 0 bridgehead atoms. The number of hydrogen-bond acceptors (Lipinski definition) is 5. The van der Waals surface area contributed by atoms with E-state index in [0.29, 0.717) is 33.4 Å². The van der Waals surface area contributed by atoms with E-state index in [1.54, 1.807) is 24.4 Å². The van der Waals surface area contributed by atoms with Crippen molar-refractivity contribution in [3.8, 4) is 0 Å². The number of hydrogen-bond donors (Lipinski definition) is 2. The van der Waals surface area contributed by atoms with E-state index in [9.17, 15) is 0 Å². The summed E-state index contributed by atoms with van der Waals surface area (Å²) in [5.41, 5.74) is 2.81. The van der Waals surface area contributed by atoms with Gasteiger partial charge in [0.05, 0.1) is 16.9 Å². The minimum Gasteiger partial charge on any atom is -0.339 e. The number of aromatic nitrogens is 3. The normalized spacial score (nSPS) is 10.8. The molecule has 0 amide bonds. The number of nitrogens with zero attached hydrogens (tertiary/aromatic N) is 3. The van der Waals surface area contributed by atoms with E-state index in [1.807, 2.05) is 18.2 Å². The minimum absolute atomic E-state index is 0.330. The standard InChI is InChI=1S/C18H17Cl2N5/c1-11(2)13-5-3-4-6-15(13)22-17-10-21-25-18(24-17)23-16-9-12(19)7-8-14(16)20/h3-11H,1-2H3,(H2,22,23,24,25). The molecule has 7 heteroatoms. The van der Waals surface area contributed by atoms with Crippen LogP contribution >= 0.6 is 23.2 Å². The Labute approximate surface area is 156 Å². The van der Waals surface area contributed by atoms with Crippen molar-refractivity contribution in [1.29, 1.82) is 0 Å². The first kappa shape index (κ1) is 17.5. The highest BCUT2D eigenvalue weighted by Crippen LogP contribution is 2.28. The maximum absolute atomic E-state index is 6.16. The van der Waals surface area contributed by atoms with Gasteiger partial charge < -0.3 is 10.6 Å². The summed E-state index contributed by atoms with van der Waals surface area (Å²) in [6.45, 7) is 4.29. The maximum Gasteiger partial charge on any atom is 0.249 e. The SMILES string of the molecule is CC(C)c1ccccc1Nc1cnnc(Nc2cc(Cl)ccc2Cl)n1. The average Bonchev–Trinajstić information content (AvgIpc) is 2.59. The second kappa shape index (κ2) is 7.68. The Kier molecular flexibility index (Phi) is 5.36. The van der Waals surface area contributed by atoms with Crippen molar-refractivity contribution in [2.45, 2.75) is 19.8 Å². The molecule has 0 radical (unpaired) electrons. The summed E-state index contributed by atoms with van der Waals surface area (Å²) in [5.74, 6) is 1.31. The molecule has 2 N–H and O–H groups in total. The maximum atomic E-state index is 6.16. The van der Waals surface area contributed by atoms with Gasteiger partial charge in [0.2, 0.25) is 5.95 Å². The van der Waals surface area contributed by atoms with E-state index in [-0.39, 0.29) is 0 Å². The van der Waals surface area contributed by atoms with Gasteiger partial charge in [-0.1, -0.05) is 55.2 Å². The molecule has 0 aliphatic rings. The molecule has 1 aromatic heterocycles. The first-order valence-corrected chi connectivity index (χ1v) is 8.56. The van der Waals surface area contributed by atoms with E-state index in [0.717, 1.165) is 5.69 Å². The number of nitrogens with one attached hydrogen (secondary N) is 2. The van der Waals surface area contributed by atoms with Crippen molar-refractivity contribution in [2.75, 3.05) is 10.6 Å². The quantitative estimate of drug-likeness (QED) is 0.592. The molecule has 3 rings (SSSR count). The Morgan fingerprint density at radius 1 is 0.960 bits per heavy atom. The first-order valence-electron chi connectivity index (χ1n) is 7.80. The first-order chi connectivity index (χ1) is 12.0. The van der Waals surface area contributed by atoms with E-state index in [2.05, 4.69) is 45.7 Å². The number of halogens is 2. The van der Waals surface area contributed by atoms with Gasteiger partial charge in [-0.2, -0.15) is 10.1 Å². The van der Waals surface area contributed by atoms with Gasteiger partial charge in [0.25, 0.3) is 0 Å². The van der Waals surface area contributed by atoms with Gasteiger partial charge in [-0.25, -0.2) is 0 Å². The molecule has 0 fully saturated rings. The van der Waals surface area contributed by atoms with E-state index in [1.165, 1.54) is 5.56 Å². The second-order valence-electron chi connectivity index (χ2n) is 5.78. The van der Waals surface area contributed by atoms with Crippen molar-refractivity contribution in [3.05, 3.63) is 64.3 Å². The van der Waals surface area contributed by atoms with Crippen LogP contribution in [0.3, 0.4) is 0 Å². The van der Waals surface area contributed by atoms with Gasteiger partial charge in [0, 0.05) is 10.7 Å². The molecule has 0 saturated heterocycles. The predicted molar refractivity (Wildman–Crippen MR) is 103 cm³/mol. The number of benzene rings is 2. The van der Waals surface area contributed by atoms with E-state index < -0.39 is 0 Å². The lowest BCUT2D eigenvalue weighted by molar-refractivity contribution is 0.868. The summed E-state index contributed by atoms with van der Waals surface area (Å²) in [7, 11) is 0. The summed E-state index contributed by atoms with van der Waals surface area (Å²) < 4.78 is 0. The fraction of sp³-hybridized carbons (Fsp3) is 0.167. The number of para-hydroxylation sites is 1. The zero-order valence-corrected chi connectivity index (χ0v) is 15.3. The van der Waals surface area contributed by atoms with Crippen molar-refractivity contribution < 1.29 is 0 Å². The number of rotatable bonds is 5. The molecule has 0 spiro atoms. The Morgan fingerprint density at radius 3 is 2.56 bits per heavy atom. The van der Waals surface area contributed by atoms with Gasteiger partial charge in [0.1, 0.15) is 0 Å². The third-order valence-electron chi connectivity index (χ3n) is 3.58. The fourth-order valence-corrected chi connectivity index (χ4v) is 2.72. The molecule has 0 aliphatic carbocycles. The molecule has 0 saturated carbocycles. The minimum atomic E-state index is 0.330. The van der Waals surface area contributed by atoms with Gasteiger partial charge in [0.15, 0.2) is 5.82 Å². The highest BCUT2D eigenvalue weighted by atomic mass is 35.5. The number of anilines is 4. The van der Waals surface area contributed by atoms with Crippen LogP contribution in [0.25, 0.3) is 0 Å². The molecule has 0 atom stereocenters. The molecule has 0 aliphatic heterocycles. The molecular weight excluding hydrogens is 357 g/mol. The Hall–Kier alpha value is -2.37. The van der Waals surface area contributed by atoms with Crippen LogP contribution in [-0.4, -0.2) is 15.2 Å². The lowest BCUT2D eigenvalue weighted by Gasteiger charge is -2.14. The summed E-state index contributed by atoms with van der Waals surface area (Å²) in [6.07, 6.45) is 1.57. The summed E-state index contributed by atoms with van der Waals surface area (Å²) in [5, 5.41) is 15.4. The van der Waals surface area contributed by atoms with E-state index in [4.69, 9.17) is 23.2 Å². The zero-order chi connectivity index (χ0) is 17.8. The highest BCUT2D eigenvalue weighted by molar-refractivity contribution is 6.35. The summed E-state index contributed by atoms with van der Waals surface area (Å²) in [4.78, 5) is 4.44. The van der Waals surface area contributed by atoms with Crippen LogP contribution in [0.5, 0.6) is 0 Å². The summed E-state index contributed by atoms with van der Waals surface area (Å²) in [6, 6.07) is 13.2. The van der Waals surface area contributed by atoms with Crippen LogP contribution in [0.2, 0.25) is 10.0 Å². The molecule has 0 unspecified atom stereocenters. The van der Waals surface area contributed by atoms with Crippen LogP contribution in [0.1, 0.15) is 25.3 Å². The Balaban J connectivity index is 1.84. The smallest absolute Gasteiger partial charge is 0.249 e. The van der Waals surface area contributed by atoms with Crippen LogP contribution < -0.4 is 10.6 Å². The van der Waals surface area contributed by atoms with E-state index >= 15 is 0 Å². The molecule has 3 aromatic rings. The molecular formula is C18H17Cl2N5. The molecule has 1 heterocycles. The van der Waals surface area contributed by atoms with Gasteiger partial charge in [-0.15, -0.1) is 5.10 Å². The zero-order valence-electron chi connectivity index (χ0n) is 13.8. The third-order valence-corrected chi connectivity index (χ3v) is 4.14. The lowest BCUT2D eigenvalue weighted by Crippen LogP contribution is -2.04. The fourth-order valence-electron chi connectivity index (χ4n) is 2.38. The predicted octanol–water partition coefficient (Wildman–Crippen LogP) is 5.79. The highest BCUT2D eigenvalue weighted by Gasteiger charge is 2.09. The Morgan fingerprint density at radius 2 is 1.76 bits per heavy atom. The van der Waals surface area contributed by atoms with Crippen LogP contribution in [0.15, 0.2) is 48.7 Å². The van der Waals surface area contributed by atoms with Gasteiger partial charge in [-0.05, 0) is 35.7 Å². The van der Waals surface area contributed by atoms with Gasteiger partial charge in [-0.3, -0.25) is 0 Å². The van der Waals surface area contributed by atoms with Crippen molar-refractivity contribution >= 4 is 46.3 Å². The average molecular weight is 374 g/mol. The summed E-state index contributed by atoms with van der Waals surface area (Å²) >= 11 is 12.2. The van der Waals surface area contributed by atoms with Gasteiger partial charge >= 0.3 is 0 Å². The molecule has 128 valence electrons. The third kappa shape index (κ3) is 4.38. The Bertz CT molecular complexity index is 883.